The number of benzene rings is 3. The lowest BCUT2D eigenvalue weighted by molar-refractivity contribution is -0.121. The fourth-order valence-electron chi connectivity index (χ4n) is 4.33. The van der Waals surface area contributed by atoms with Gasteiger partial charge in [0.15, 0.2) is 0 Å². The summed E-state index contributed by atoms with van der Waals surface area (Å²) in [5.41, 5.74) is 3.10. The van der Waals surface area contributed by atoms with Crippen LogP contribution in [-0.4, -0.2) is 43.7 Å². The molecule has 3 aromatic rings. The highest BCUT2D eigenvalue weighted by Crippen LogP contribution is 2.28. The number of rotatable bonds is 8. The Kier molecular flexibility index (Phi) is 7.64. The quantitative estimate of drug-likeness (QED) is 0.568. The van der Waals surface area contributed by atoms with E-state index in [9.17, 15) is 9.18 Å². The van der Waals surface area contributed by atoms with Gasteiger partial charge in [-0.2, -0.15) is 0 Å². The minimum absolute atomic E-state index is 0.0163. The predicted octanol–water partition coefficient (Wildman–Crippen LogP) is 4.54. The highest BCUT2D eigenvalue weighted by molar-refractivity contribution is 5.77. The summed E-state index contributed by atoms with van der Waals surface area (Å²) in [5, 5.41) is 3.12. The Hall–Kier alpha value is -3.02. The van der Waals surface area contributed by atoms with Gasteiger partial charge in [0.2, 0.25) is 5.91 Å². The molecule has 32 heavy (non-hydrogen) atoms. The number of ether oxygens (including phenoxy) is 1. The van der Waals surface area contributed by atoms with Gasteiger partial charge in [-0.1, -0.05) is 72.8 Å². The number of nitrogens with one attached hydrogen (secondary N) is 1. The Morgan fingerprint density at radius 2 is 1.47 bits per heavy atom. The van der Waals surface area contributed by atoms with Crippen LogP contribution in [0, 0.1) is 5.82 Å². The largest absolute Gasteiger partial charge is 0.379 e. The number of carbonyl (C=O) groups excluding carboxylic acids is 1. The van der Waals surface area contributed by atoms with Crippen LogP contribution in [0.3, 0.4) is 0 Å². The van der Waals surface area contributed by atoms with E-state index in [-0.39, 0.29) is 23.7 Å². The first kappa shape index (κ1) is 22.2. The molecule has 0 aromatic heterocycles. The molecule has 0 saturated carbocycles. The van der Waals surface area contributed by atoms with E-state index in [1.165, 1.54) is 6.07 Å². The maximum atomic E-state index is 13.9. The standard InChI is InChI=1S/C27H29FN2O2/c28-24-13-7-12-23(18-24)26(30-14-16-32-17-15-30)20-29-27(31)19-25(21-8-3-1-4-9-21)22-10-5-2-6-11-22/h1-13,18,25-26H,14-17,19-20H2,(H,29,31). The molecule has 1 unspecified atom stereocenters. The fraction of sp³-hybridized carbons (Fsp3) is 0.296. The number of hydrogen-bond acceptors (Lipinski definition) is 3. The lowest BCUT2D eigenvalue weighted by atomic mass is 9.88. The van der Waals surface area contributed by atoms with E-state index < -0.39 is 0 Å². The number of amides is 1. The third-order valence-electron chi connectivity index (χ3n) is 6.01. The van der Waals surface area contributed by atoms with Gasteiger partial charge < -0.3 is 10.1 Å². The van der Waals surface area contributed by atoms with E-state index in [2.05, 4.69) is 34.5 Å². The van der Waals surface area contributed by atoms with Crippen molar-refractivity contribution in [1.82, 2.24) is 10.2 Å². The topological polar surface area (TPSA) is 41.6 Å². The number of carbonyl (C=O) groups is 1. The summed E-state index contributed by atoms with van der Waals surface area (Å²) in [6.45, 7) is 3.23. The average molecular weight is 433 g/mol. The minimum atomic E-state index is -0.264. The molecule has 1 aliphatic rings. The van der Waals surface area contributed by atoms with Crippen molar-refractivity contribution < 1.29 is 13.9 Å². The van der Waals surface area contributed by atoms with Crippen molar-refractivity contribution in [3.05, 3.63) is 107 Å². The smallest absolute Gasteiger partial charge is 0.221 e. The zero-order chi connectivity index (χ0) is 22.2. The van der Waals surface area contributed by atoms with Crippen LogP contribution in [0.15, 0.2) is 84.9 Å². The summed E-state index contributed by atoms with van der Waals surface area (Å²) in [4.78, 5) is 15.3. The monoisotopic (exact) mass is 432 g/mol. The normalized spacial score (nSPS) is 15.4. The molecule has 1 amide bonds. The molecule has 1 fully saturated rings. The van der Waals surface area contributed by atoms with Gasteiger partial charge in [-0.3, -0.25) is 9.69 Å². The van der Waals surface area contributed by atoms with E-state index in [1.807, 2.05) is 42.5 Å². The van der Waals surface area contributed by atoms with Gasteiger partial charge in [0.25, 0.3) is 0 Å². The Labute approximate surface area is 189 Å². The van der Waals surface area contributed by atoms with Crippen LogP contribution in [0.25, 0.3) is 0 Å². The molecule has 1 saturated heterocycles. The van der Waals surface area contributed by atoms with Crippen molar-refractivity contribution in [3.63, 3.8) is 0 Å². The number of hydrogen-bond donors (Lipinski definition) is 1. The first-order valence-corrected chi connectivity index (χ1v) is 11.1. The molecule has 0 bridgehead atoms. The minimum Gasteiger partial charge on any atom is -0.379 e. The molecule has 1 N–H and O–H groups in total. The van der Waals surface area contributed by atoms with Crippen molar-refractivity contribution in [1.29, 1.82) is 0 Å². The van der Waals surface area contributed by atoms with Gasteiger partial charge in [-0.25, -0.2) is 4.39 Å². The lowest BCUT2D eigenvalue weighted by Crippen LogP contribution is -2.44. The van der Waals surface area contributed by atoms with Crippen LogP contribution in [0.1, 0.15) is 35.1 Å². The van der Waals surface area contributed by atoms with E-state index in [1.54, 1.807) is 12.1 Å². The highest BCUT2D eigenvalue weighted by atomic mass is 19.1. The maximum Gasteiger partial charge on any atom is 0.221 e. The maximum absolute atomic E-state index is 13.9. The van der Waals surface area contributed by atoms with Crippen molar-refractivity contribution in [2.75, 3.05) is 32.8 Å². The van der Waals surface area contributed by atoms with Gasteiger partial charge in [-0.05, 0) is 28.8 Å². The van der Waals surface area contributed by atoms with E-state index in [0.29, 0.717) is 26.2 Å². The average Bonchev–Trinajstić information content (AvgIpc) is 2.84. The van der Waals surface area contributed by atoms with Crippen LogP contribution < -0.4 is 5.32 Å². The van der Waals surface area contributed by atoms with Gasteiger partial charge in [0, 0.05) is 32.0 Å². The molecule has 3 aromatic carbocycles. The second-order valence-corrected chi connectivity index (χ2v) is 8.10. The molecule has 1 atom stereocenters. The number of halogens is 1. The summed E-state index contributed by atoms with van der Waals surface area (Å²) >= 11 is 0. The van der Waals surface area contributed by atoms with Crippen LogP contribution >= 0.6 is 0 Å². The zero-order valence-corrected chi connectivity index (χ0v) is 18.1. The van der Waals surface area contributed by atoms with Crippen LogP contribution in [0.2, 0.25) is 0 Å². The van der Waals surface area contributed by atoms with Crippen molar-refractivity contribution in [2.45, 2.75) is 18.4 Å². The van der Waals surface area contributed by atoms with E-state index in [0.717, 1.165) is 29.8 Å². The van der Waals surface area contributed by atoms with E-state index in [4.69, 9.17) is 4.74 Å². The Morgan fingerprint density at radius 3 is 2.06 bits per heavy atom. The van der Waals surface area contributed by atoms with Crippen molar-refractivity contribution in [2.24, 2.45) is 0 Å². The van der Waals surface area contributed by atoms with Gasteiger partial charge >= 0.3 is 0 Å². The molecule has 4 nitrogen and oxygen atoms in total. The summed E-state index contributed by atoms with van der Waals surface area (Å²) in [7, 11) is 0. The van der Waals surface area contributed by atoms with Gasteiger partial charge in [0.05, 0.1) is 19.3 Å². The van der Waals surface area contributed by atoms with Crippen molar-refractivity contribution in [3.8, 4) is 0 Å². The Balaban J connectivity index is 1.48. The number of morpholine rings is 1. The molecule has 5 heteroatoms. The second-order valence-electron chi connectivity index (χ2n) is 8.10. The zero-order valence-electron chi connectivity index (χ0n) is 18.1. The first-order valence-electron chi connectivity index (χ1n) is 11.1. The third kappa shape index (κ3) is 5.81. The van der Waals surface area contributed by atoms with Gasteiger partial charge in [0.1, 0.15) is 5.82 Å². The molecule has 0 radical (unpaired) electrons. The summed E-state index contributed by atoms with van der Waals surface area (Å²) < 4.78 is 19.4. The van der Waals surface area contributed by atoms with E-state index >= 15 is 0 Å². The molecule has 4 rings (SSSR count). The molecule has 1 aliphatic heterocycles. The molecule has 1 heterocycles. The lowest BCUT2D eigenvalue weighted by Gasteiger charge is -2.35. The third-order valence-corrected chi connectivity index (χ3v) is 6.01. The first-order chi connectivity index (χ1) is 15.7. The summed E-state index contributed by atoms with van der Waals surface area (Å²) in [6.07, 6.45) is 0.354. The molecular formula is C27H29FN2O2. The van der Waals surface area contributed by atoms with Crippen LogP contribution in [0.4, 0.5) is 4.39 Å². The fourth-order valence-corrected chi connectivity index (χ4v) is 4.33. The highest BCUT2D eigenvalue weighted by Gasteiger charge is 2.24. The van der Waals surface area contributed by atoms with Crippen LogP contribution in [0.5, 0.6) is 0 Å². The summed E-state index contributed by atoms with van der Waals surface area (Å²) in [6, 6.07) is 26.8. The van der Waals surface area contributed by atoms with Crippen molar-refractivity contribution >= 4 is 5.91 Å². The van der Waals surface area contributed by atoms with Crippen LogP contribution in [-0.2, 0) is 9.53 Å². The molecule has 0 spiro atoms. The Bertz CT molecular complexity index is 951. The molecular weight excluding hydrogens is 403 g/mol. The molecule has 166 valence electrons. The predicted molar refractivity (Wildman–Crippen MR) is 124 cm³/mol. The molecule has 0 aliphatic carbocycles. The Morgan fingerprint density at radius 1 is 0.875 bits per heavy atom. The second kappa shape index (κ2) is 11.0. The SMILES string of the molecule is O=C(CC(c1ccccc1)c1ccccc1)NCC(c1cccc(F)c1)N1CCOCC1. The summed E-state index contributed by atoms with van der Waals surface area (Å²) in [5.74, 6) is -0.300. The number of nitrogens with zero attached hydrogens (tertiary/aromatic N) is 1. The van der Waals surface area contributed by atoms with Gasteiger partial charge in [-0.15, -0.1) is 0 Å².